The summed E-state index contributed by atoms with van der Waals surface area (Å²) in [6.45, 7) is 3.75. The lowest BCUT2D eigenvalue weighted by atomic mass is 10.0. The van der Waals surface area contributed by atoms with Crippen molar-refractivity contribution in [2.24, 2.45) is 10.1 Å². The molecule has 4 rings (SSSR count). The summed E-state index contributed by atoms with van der Waals surface area (Å²) >= 11 is 0. The SMILES string of the molecule is CC1=NN2C(=O)NC(c3ccc(C(F)(F)F)nc3)=NC2/C=C(\c2ccc(C)cc2)C=C1. The van der Waals surface area contributed by atoms with Gasteiger partial charge in [0.1, 0.15) is 11.5 Å². The first-order chi connectivity index (χ1) is 14.7. The molecule has 1 N–H and O–H groups in total. The molecule has 9 heteroatoms. The highest BCUT2D eigenvalue weighted by Crippen LogP contribution is 2.28. The van der Waals surface area contributed by atoms with Crippen LogP contribution in [-0.2, 0) is 6.18 Å². The van der Waals surface area contributed by atoms with Crippen LogP contribution in [0.3, 0.4) is 0 Å². The van der Waals surface area contributed by atoms with Crippen LogP contribution in [0.15, 0.2) is 70.9 Å². The minimum absolute atomic E-state index is 0.129. The number of rotatable bonds is 2. The molecule has 158 valence electrons. The molecule has 0 spiro atoms. The Morgan fingerprint density at radius 3 is 2.35 bits per heavy atom. The number of nitrogens with zero attached hydrogens (tertiary/aromatic N) is 4. The number of fused-ring (bicyclic) bond motifs is 1. The van der Waals surface area contributed by atoms with Crippen LogP contribution < -0.4 is 5.32 Å². The molecule has 2 aliphatic heterocycles. The average Bonchev–Trinajstić information content (AvgIpc) is 2.72. The Balaban J connectivity index is 1.75. The van der Waals surface area contributed by atoms with Crippen molar-refractivity contribution < 1.29 is 18.0 Å². The van der Waals surface area contributed by atoms with Gasteiger partial charge in [-0.15, -0.1) is 0 Å². The smallest absolute Gasteiger partial charge is 0.290 e. The third-order valence-corrected chi connectivity index (χ3v) is 4.76. The number of aromatic nitrogens is 1. The first kappa shape index (κ1) is 20.5. The Labute approximate surface area is 176 Å². The van der Waals surface area contributed by atoms with Crippen molar-refractivity contribution in [3.8, 4) is 0 Å². The number of pyridine rings is 1. The van der Waals surface area contributed by atoms with E-state index < -0.39 is 24.1 Å². The number of hydrogen-bond acceptors (Lipinski definition) is 4. The second kappa shape index (κ2) is 7.82. The van der Waals surface area contributed by atoms with Gasteiger partial charge in [0.25, 0.3) is 0 Å². The number of halogens is 3. The minimum atomic E-state index is -4.54. The highest BCUT2D eigenvalue weighted by atomic mass is 19.4. The van der Waals surface area contributed by atoms with E-state index in [0.717, 1.165) is 29.0 Å². The second-order valence-electron chi connectivity index (χ2n) is 7.16. The molecule has 1 unspecified atom stereocenters. The molecular weight excluding hydrogens is 407 g/mol. The van der Waals surface area contributed by atoms with E-state index in [1.807, 2.05) is 37.3 Å². The number of amides is 2. The van der Waals surface area contributed by atoms with E-state index in [0.29, 0.717) is 5.71 Å². The number of alkyl halides is 3. The molecule has 1 aromatic heterocycles. The van der Waals surface area contributed by atoms with Crippen LogP contribution in [0.4, 0.5) is 18.0 Å². The molecule has 1 aromatic carbocycles. The summed E-state index contributed by atoms with van der Waals surface area (Å²) in [5.74, 6) is 0.129. The molecule has 0 bridgehead atoms. The first-order valence-electron chi connectivity index (χ1n) is 9.44. The molecule has 31 heavy (non-hydrogen) atoms. The van der Waals surface area contributed by atoms with Crippen LogP contribution >= 0.6 is 0 Å². The lowest BCUT2D eigenvalue weighted by Gasteiger charge is -2.30. The molecule has 3 heterocycles. The highest BCUT2D eigenvalue weighted by molar-refractivity contribution is 6.09. The number of hydrazone groups is 1. The Morgan fingerprint density at radius 2 is 1.71 bits per heavy atom. The number of hydrogen-bond donors (Lipinski definition) is 1. The average molecular weight is 425 g/mol. The fourth-order valence-electron chi connectivity index (χ4n) is 3.13. The van der Waals surface area contributed by atoms with Gasteiger partial charge in [-0.1, -0.05) is 35.9 Å². The maximum Gasteiger partial charge on any atom is 0.433 e. The van der Waals surface area contributed by atoms with Gasteiger partial charge in [0, 0.05) is 11.8 Å². The van der Waals surface area contributed by atoms with E-state index in [9.17, 15) is 18.0 Å². The van der Waals surface area contributed by atoms with Gasteiger partial charge in [-0.05, 0) is 49.3 Å². The third-order valence-electron chi connectivity index (χ3n) is 4.76. The first-order valence-corrected chi connectivity index (χ1v) is 9.44. The summed E-state index contributed by atoms with van der Waals surface area (Å²) < 4.78 is 38.4. The van der Waals surface area contributed by atoms with E-state index in [1.165, 1.54) is 11.1 Å². The van der Waals surface area contributed by atoms with Crippen molar-refractivity contribution in [1.82, 2.24) is 15.3 Å². The maximum atomic E-state index is 12.8. The third kappa shape index (κ3) is 4.40. The maximum absolute atomic E-state index is 12.8. The molecule has 1 atom stereocenters. The highest BCUT2D eigenvalue weighted by Gasteiger charge is 2.33. The van der Waals surface area contributed by atoms with Crippen LogP contribution in [0.5, 0.6) is 0 Å². The number of nitrogens with one attached hydrogen (secondary N) is 1. The summed E-state index contributed by atoms with van der Waals surface area (Å²) in [7, 11) is 0. The molecule has 2 aliphatic rings. The van der Waals surface area contributed by atoms with E-state index >= 15 is 0 Å². The zero-order chi connectivity index (χ0) is 22.2. The van der Waals surface area contributed by atoms with Crippen LogP contribution in [0.2, 0.25) is 0 Å². The Bertz CT molecular complexity index is 1130. The fraction of sp³-hybridized carbons (Fsp3) is 0.182. The quantitative estimate of drug-likeness (QED) is 0.768. The van der Waals surface area contributed by atoms with Crippen molar-refractivity contribution in [2.75, 3.05) is 0 Å². The number of allylic oxidation sites excluding steroid dienone is 3. The number of carbonyl (C=O) groups is 1. The van der Waals surface area contributed by atoms with Gasteiger partial charge in [0.2, 0.25) is 0 Å². The molecule has 0 fully saturated rings. The largest absolute Gasteiger partial charge is 0.433 e. The van der Waals surface area contributed by atoms with Crippen molar-refractivity contribution in [2.45, 2.75) is 26.2 Å². The Morgan fingerprint density at radius 1 is 1.00 bits per heavy atom. The number of benzene rings is 1. The van der Waals surface area contributed by atoms with Gasteiger partial charge in [0.15, 0.2) is 6.17 Å². The predicted molar refractivity (Wildman–Crippen MR) is 111 cm³/mol. The number of carbonyl (C=O) groups excluding carboxylic acids is 1. The van der Waals surface area contributed by atoms with Crippen molar-refractivity contribution in [3.05, 3.63) is 83.2 Å². The molecule has 0 radical (unpaired) electrons. The fourth-order valence-corrected chi connectivity index (χ4v) is 3.13. The molecule has 6 nitrogen and oxygen atoms in total. The lowest BCUT2D eigenvalue weighted by molar-refractivity contribution is -0.141. The van der Waals surface area contributed by atoms with Crippen molar-refractivity contribution in [1.29, 1.82) is 0 Å². The van der Waals surface area contributed by atoms with Crippen LogP contribution in [0.25, 0.3) is 5.57 Å². The lowest BCUT2D eigenvalue weighted by Crippen LogP contribution is -2.50. The summed E-state index contributed by atoms with van der Waals surface area (Å²) in [5.41, 5.74) is 2.75. The zero-order valence-electron chi connectivity index (χ0n) is 16.7. The molecular formula is C22H18F3N5O. The Kier molecular flexibility index (Phi) is 5.18. The topological polar surface area (TPSA) is 70.0 Å². The van der Waals surface area contributed by atoms with E-state index in [-0.39, 0.29) is 11.4 Å². The molecule has 0 saturated carbocycles. The van der Waals surface area contributed by atoms with Crippen LogP contribution in [0.1, 0.15) is 29.3 Å². The van der Waals surface area contributed by atoms with Gasteiger partial charge < -0.3 is 0 Å². The van der Waals surface area contributed by atoms with Crippen molar-refractivity contribution in [3.63, 3.8) is 0 Å². The van der Waals surface area contributed by atoms with Gasteiger partial charge in [0.05, 0.1) is 5.71 Å². The molecule has 2 amide bonds. The van der Waals surface area contributed by atoms with E-state index in [4.69, 9.17) is 0 Å². The normalized spacial score (nSPS) is 20.5. The van der Waals surface area contributed by atoms with Crippen molar-refractivity contribution >= 4 is 23.2 Å². The second-order valence-corrected chi connectivity index (χ2v) is 7.16. The van der Waals surface area contributed by atoms with Gasteiger partial charge >= 0.3 is 12.2 Å². The number of urea groups is 1. The van der Waals surface area contributed by atoms with Gasteiger partial charge in [-0.25, -0.2) is 9.79 Å². The van der Waals surface area contributed by atoms with E-state index in [1.54, 1.807) is 19.1 Å². The molecule has 0 aliphatic carbocycles. The molecule has 0 saturated heterocycles. The minimum Gasteiger partial charge on any atom is -0.290 e. The summed E-state index contributed by atoms with van der Waals surface area (Å²) in [4.78, 5) is 20.7. The van der Waals surface area contributed by atoms with Crippen LogP contribution in [-0.4, -0.2) is 33.7 Å². The van der Waals surface area contributed by atoms with Gasteiger partial charge in [-0.2, -0.15) is 23.3 Å². The Hall–Kier alpha value is -3.75. The van der Waals surface area contributed by atoms with E-state index in [2.05, 4.69) is 20.4 Å². The summed E-state index contributed by atoms with van der Waals surface area (Å²) in [6, 6.07) is 9.45. The summed E-state index contributed by atoms with van der Waals surface area (Å²) in [6.07, 6.45) is 1.20. The standard InChI is InChI=1S/C22H18F3N5O/c1-13-3-6-15(7-4-13)16-8-5-14(2)29-30-19(11-16)27-20(28-21(30)31)17-9-10-18(26-12-17)22(23,24)25/h3-12,19H,1-2H3,(H,27,28,31)/b8-5?,16-11-,29-14?. The van der Waals surface area contributed by atoms with Crippen LogP contribution in [0, 0.1) is 6.92 Å². The monoisotopic (exact) mass is 425 g/mol. The number of aryl methyl sites for hydroxylation is 1. The summed E-state index contributed by atoms with van der Waals surface area (Å²) in [5, 5.41) is 8.07. The zero-order valence-corrected chi connectivity index (χ0v) is 16.7. The molecule has 2 aromatic rings. The number of amidine groups is 1. The predicted octanol–water partition coefficient (Wildman–Crippen LogP) is 4.54. The van der Waals surface area contributed by atoms with Gasteiger partial charge in [-0.3, -0.25) is 10.3 Å². The number of aliphatic imine (C=N–C) groups is 1.